The van der Waals surface area contributed by atoms with Gasteiger partial charge in [-0.3, -0.25) is 0 Å². The van der Waals surface area contributed by atoms with Crippen molar-refractivity contribution in [2.24, 2.45) is 5.10 Å². The highest BCUT2D eigenvalue weighted by Gasteiger charge is 2.12. The predicted molar refractivity (Wildman–Crippen MR) is 81.0 cm³/mol. The van der Waals surface area contributed by atoms with E-state index in [0.717, 1.165) is 8.66 Å². The lowest BCUT2D eigenvalue weighted by Crippen LogP contribution is -2.19. The number of hydrogen-bond donors (Lipinski definition) is 1. The van der Waals surface area contributed by atoms with E-state index >= 15 is 0 Å². The molecule has 0 aliphatic rings. The zero-order valence-electron chi connectivity index (χ0n) is 10.00. The molecule has 0 aliphatic carbocycles. The summed E-state index contributed by atoms with van der Waals surface area (Å²) in [6, 6.07) is 11.9. The molecule has 7 heteroatoms. The van der Waals surface area contributed by atoms with Crippen LogP contribution >= 0.6 is 27.3 Å². The van der Waals surface area contributed by atoms with Gasteiger partial charge in [0.2, 0.25) is 0 Å². The normalized spacial score (nSPS) is 12.4. The minimum Gasteiger partial charge on any atom is -0.200 e. The van der Waals surface area contributed by atoms with Crippen LogP contribution < -0.4 is 4.83 Å². The molecule has 1 aromatic carbocycles. The fraction of sp³-hybridized carbons (Fsp3) is 0.0833. The topological polar surface area (TPSA) is 58.5 Å². The first-order chi connectivity index (χ1) is 8.99. The lowest BCUT2D eigenvalue weighted by molar-refractivity contribution is 0.584. The van der Waals surface area contributed by atoms with E-state index in [0.29, 0.717) is 5.71 Å². The van der Waals surface area contributed by atoms with E-state index in [-0.39, 0.29) is 4.90 Å². The molecule has 0 atom stereocenters. The number of thiophene rings is 1. The van der Waals surface area contributed by atoms with Crippen LogP contribution in [0.1, 0.15) is 11.8 Å². The Kier molecular flexibility index (Phi) is 4.38. The summed E-state index contributed by atoms with van der Waals surface area (Å²) in [6.45, 7) is 1.76. The van der Waals surface area contributed by atoms with Crippen LogP contribution in [0.3, 0.4) is 0 Å². The molecule has 0 unspecified atom stereocenters. The summed E-state index contributed by atoms with van der Waals surface area (Å²) in [5, 5.41) is 3.92. The SMILES string of the molecule is C/C(=N\NS(=O)(=O)c1ccccc1)c1ccc(Br)s1. The number of nitrogens with zero attached hydrogens (tertiary/aromatic N) is 1. The van der Waals surface area contributed by atoms with Crippen LogP contribution in [0.25, 0.3) is 0 Å². The molecule has 0 fully saturated rings. The van der Waals surface area contributed by atoms with Crippen molar-refractivity contribution in [1.29, 1.82) is 0 Å². The molecule has 0 aliphatic heterocycles. The largest absolute Gasteiger partial charge is 0.276 e. The van der Waals surface area contributed by atoms with Gasteiger partial charge < -0.3 is 0 Å². The van der Waals surface area contributed by atoms with Gasteiger partial charge in [-0.1, -0.05) is 18.2 Å². The fourth-order valence-electron chi connectivity index (χ4n) is 1.34. The Bertz CT molecular complexity index is 694. The second-order valence-electron chi connectivity index (χ2n) is 3.71. The molecule has 0 saturated heterocycles. The molecule has 1 aromatic heterocycles. The molecule has 4 nitrogen and oxygen atoms in total. The zero-order chi connectivity index (χ0) is 13.9. The Morgan fingerprint density at radius 1 is 1.21 bits per heavy atom. The highest BCUT2D eigenvalue weighted by molar-refractivity contribution is 9.11. The van der Waals surface area contributed by atoms with E-state index in [1.807, 2.05) is 12.1 Å². The third-order valence-electron chi connectivity index (χ3n) is 2.32. The third-order valence-corrected chi connectivity index (χ3v) is 5.27. The number of hydrogen-bond acceptors (Lipinski definition) is 4. The lowest BCUT2D eigenvalue weighted by atomic mass is 10.3. The molecule has 0 bridgehead atoms. The van der Waals surface area contributed by atoms with Gasteiger partial charge in [-0.2, -0.15) is 18.4 Å². The molecule has 100 valence electrons. The summed E-state index contributed by atoms with van der Waals surface area (Å²) >= 11 is 4.85. The van der Waals surface area contributed by atoms with Crippen molar-refractivity contribution in [2.75, 3.05) is 0 Å². The maximum Gasteiger partial charge on any atom is 0.276 e. The van der Waals surface area contributed by atoms with Crippen molar-refractivity contribution in [3.05, 3.63) is 51.1 Å². The van der Waals surface area contributed by atoms with E-state index in [1.165, 1.54) is 23.5 Å². The number of sulfonamides is 1. The molecule has 0 amide bonds. The van der Waals surface area contributed by atoms with E-state index in [1.54, 1.807) is 25.1 Å². The number of hydrazone groups is 1. The van der Waals surface area contributed by atoms with Gasteiger partial charge in [0.1, 0.15) is 0 Å². The average Bonchev–Trinajstić information content (AvgIpc) is 2.84. The van der Waals surface area contributed by atoms with Crippen LogP contribution in [0.4, 0.5) is 0 Å². The first-order valence-corrected chi connectivity index (χ1v) is 8.45. The van der Waals surface area contributed by atoms with E-state index < -0.39 is 10.0 Å². The van der Waals surface area contributed by atoms with Crippen LogP contribution in [-0.2, 0) is 10.0 Å². The summed E-state index contributed by atoms with van der Waals surface area (Å²) in [4.78, 5) is 3.33. The second kappa shape index (κ2) is 5.85. The Morgan fingerprint density at radius 2 is 1.89 bits per heavy atom. The molecule has 0 saturated carbocycles. The summed E-state index contributed by atoms with van der Waals surface area (Å²) < 4.78 is 24.9. The van der Waals surface area contributed by atoms with Crippen molar-refractivity contribution in [1.82, 2.24) is 4.83 Å². The minimum atomic E-state index is -3.60. The Hall–Kier alpha value is -1.18. The van der Waals surface area contributed by atoms with Gasteiger partial charge in [0.05, 0.1) is 19.3 Å². The van der Waals surface area contributed by atoms with Crippen molar-refractivity contribution >= 4 is 43.0 Å². The highest BCUT2D eigenvalue weighted by atomic mass is 79.9. The van der Waals surface area contributed by atoms with E-state index in [9.17, 15) is 8.42 Å². The number of nitrogens with one attached hydrogen (secondary N) is 1. The third kappa shape index (κ3) is 3.65. The van der Waals surface area contributed by atoms with Gasteiger partial charge in [-0.25, -0.2) is 0 Å². The van der Waals surface area contributed by atoms with Crippen LogP contribution in [0, 0.1) is 0 Å². The molecule has 1 N–H and O–H groups in total. The van der Waals surface area contributed by atoms with Crippen molar-refractivity contribution < 1.29 is 8.42 Å². The molecular formula is C12H11BrN2O2S2. The minimum absolute atomic E-state index is 0.193. The average molecular weight is 359 g/mol. The fourth-order valence-corrected chi connectivity index (χ4v) is 3.55. The van der Waals surface area contributed by atoms with Crippen LogP contribution in [0.15, 0.2) is 56.2 Å². The first-order valence-electron chi connectivity index (χ1n) is 5.36. The van der Waals surface area contributed by atoms with Gasteiger partial charge in [0, 0.05) is 0 Å². The number of halogens is 1. The number of benzene rings is 1. The zero-order valence-corrected chi connectivity index (χ0v) is 13.2. The van der Waals surface area contributed by atoms with Crippen molar-refractivity contribution in [2.45, 2.75) is 11.8 Å². The molecule has 2 rings (SSSR count). The quantitative estimate of drug-likeness (QED) is 0.673. The van der Waals surface area contributed by atoms with Crippen molar-refractivity contribution in [3.63, 3.8) is 0 Å². The van der Waals surface area contributed by atoms with E-state index in [4.69, 9.17) is 0 Å². The van der Waals surface area contributed by atoms with Crippen LogP contribution in [-0.4, -0.2) is 14.1 Å². The summed E-state index contributed by atoms with van der Waals surface area (Å²) in [5.74, 6) is 0. The van der Waals surface area contributed by atoms with E-state index in [2.05, 4.69) is 25.9 Å². The highest BCUT2D eigenvalue weighted by Crippen LogP contribution is 2.22. The van der Waals surface area contributed by atoms with Crippen LogP contribution in [0.2, 0.25) is 0 Å². The lowest BCUT2D eigenvalue weighted by Gasteiger charge is -2.03. The smallest absolute Gasteiger partial charge is 0.200 e. The monoisotopic (exact) mass is 358 g/mol. The van der Waals surface area contributed by atoms with Gasteiger partial charge in [-0.05, 0) is 47.1 Å². The second-order valence-corrected chi connectivity index (χ2v) is 7.83. The summed E-state index contributed by atoms with van der Waals surface area (Å²) in [7, 11) is -3.60. The Labute approximate surface area is 124 Å². The molecule has 2 aromatic rings. The Balaban J connectivity index is 2.18. The van der Waals surface area contributed by atoms with Crippen molar-refractivity contribution in [3.8, 4) is 0 Å². The Morgan fingerprint density at radius 3 is 2.47 bits per heavy atom. The maximum atomic E-state index is 11.9. The standard InChI is InChI=1S/C12H11BrN2O2S2/c1-9(11-7-8-12(13)18-11)14-15-19(16,17)10-5-3-2-4-6-10/h2-8,15H,1H3/b14-9+. The molecule has 1 heterocycles. The maximum absolute atomic E-state index is 11.9. The molecule has 0 spiro atoms. The molecule has 0 radical (unpaired) electrons. The van der Waals surface area contributed by atoms with Crippen LogP contribution in [0.5, 0.6) is 0 Å². The van der Waals surface area contributed by atoms with Gasteiger partial charge in [-0.15, -0.1) is 11.3 Å². The van der Waals surface area contributed by atoms with Gasteiger partial charge >= 0.3 is 0 Å². The summed E-state index contributed by atoms with van der Waals surface area (Å²) in [6.07, 6.45) is 0. The van der Waals surface area contributed by atoms with Gasteiger partial charge in [0.25, 0.3) is 10.0 Å². The summed E-state index contributed by atoms with van der Waals surface area (Å²) in [5.41, 5.74) is 0.621. The predicted octanol–water partition coefficient (Wildman–Crippen LogP) is 3.21. The van der Waals surface area contributed by atoms with Gasteiger partial charge in [0.15, 0.2) is 0 Å². The molecular weight excluding hydrogens is 348 g/mol. The number of rotatable bonds is 4. The first kappa shape index (κ1) is 14.2. The molecule has 19 heavy (non-hydrogen) atoms.